The van der Waals surface area contributed by atoms with Crippen molar-refractivity contribution in [2.24, 2.45) is 0 Å². The lowest BCUT2D eigenvalue weighted by atomic mass is 9.96. The standard InChI is InChI=1S/C18H19BrO2/c1-12(2)14-7-8-18(21-3)16(11-14)17(20)10-13-5-4-6-15(19)9-13/h4-9,11-12H,10H2,1-3H3. The molecule has 0 saturated carbocycles. The Bertz CT molecular complexity index is 647. The fraction of sp³-hybridized carbons (Fsp3) is 0.278. The Hall–Kier alpha value is -1.61. The van der Waals surface area contributed by atoms with Crippen molar-refractivity contribution >= 4 is 21.7 Å². The van der Waals surface area contributed by atoms with E-state index in [-0.39, 0.29) is 5.78 Å². The third kappa shape index (κ3) is 3.94. The van der Waals surface area contributed by atoms with Crippen molar-refractivity contribution in [2.45, 2.75) is 26.2 Å². The molecule has 2 aromatic carbocycles. The highest BCUT2D eigenvalue weighted by atomic mass is 79.9. The zero-order chi connectivity index (χ0) is 15.4. The Morgan fingerprint density at radius 3 is 2.57 bits per heavy atom. The molecule has 0 N–H and O–H groups in total. The highest BCUT2D eigenvalue weighted by Crippen LogP contribution is 2.25. The van der Waals surface area contributed by atoms with Gasteiger partial charge in [0.15, 0.2) is 5.78 Å². The lowest BCUT2D eigenvalue weighted by Gasteiger charge is -2.12. The second-order valence-electron chi connectivity index (χ2n) is 5.34. The third-order valence-electron chi connectivity index (χ3n) is 3.44. The quantitative estimate of drug-likeness (QED) is 0.711. The molecule has 0 aromatic heterocycles. The van der Waals surface area contributed by atoms with E-state index in [1.54, 1.807) is 7.11 Å². The molecule has 21 heavy (non-hydrogen) atoms. The molecule has 0 unspecified atom stereocenters. The molecule has 0 radical (unpaired) electrons. The van der Waals surface area contributed by atoms with Crippen LogP contribution >= 0.6 is 15.9 Å². The molecular formula is C18H19BrO2. The van der Waals surface area contributed by atoms with Gasteiger partial charge in [-0.2, -0.15) is 0 Å². The second-order valence-corrected chi connectivity index (χ2v) is 6.26. The predicted molar refractivity (Wildman–Crippen MR) is 89.3 cm³/mol. The van der Waals surface area contributed by atoms with E-state index in [2.05, 4.69) is 29.8 Å². The molecule has 0 fully saturated rings. The van der Waals surface area contributed by atoms with Crippen LogP contribution < -0.4 is 4.74 Å². The Labute approximate surface area is 134 Å². The molecule has 0 amide bonds. The van der Waals surface area contributed by atoms with E-state index in [1.807, 2.05) is 42.5 Å². The number of ketones is 1. The molecule has 0 atom stereocenters. The largest absolute Gasteiger partial charge is 0.496 e. The van der Waals surface area contributed by atoms with Crippen LogP contribution in [0.3, 0.4) is 0 Å². The molecule has 0 aliphatic heterocycles. The first kappa shape index (κ1) is 15.8. The van der Waals surface area contributed by atoms with Gasteiger partial charge in [0.1, 0.15) is 5.75 Å². The SMILES string of the molecule is COc1ccc(C(C)C)cc1C(=O)Cc1cccc(Br)c1. The topological polar surface area (TPSA) is 26.3 Å². The molecule has 0 spiro atoms. The lowest BCUT2D eigenvalue weighted by Crippen LogP contribution is -2.07. The predicted octanol–water partition coefficient (Wildman–Crippen LogP) is 5.01. The molecule has 3 heteroatoms. The second kappa shape index (κ2) is 6.90. The first-order valence-corrected chi connectivity index (χ1v) is 7.76. The number of rotatable bonds is 5. The molecular weight excluding hydrogens is 328 g/mol. The monoisotopic (exact) mass is 346 g/mol. The summed E-state index contributed by atoms with van der Waals surface area (Å²) in [6.07, 6.45) is 0.372. The summed E-state index contributed by atoms with van der Waals surface area (Å²) in [7, 11) is 1.60. The van der Waals surface area contributed by atoms with Gasteiger partial charge >= 0.3 is 0 Å². The molecule has 110 valence electrons. The maximum Gasteiger partial charge on any atom is 0.170 e. The number of hydrogen-bond acceptors (Lipinski definition) is 2. The maximum atomic E-state index is 12.6. The molecule has 0 bridgehead atoms. The van der Waals surface area contributed by atoms with Gasteiger partial charge in [-0.3, -0.25) is 4.79 Å². The van der Waals surface area contributed by atoms with Crippen LogP contribution in [0.2, 0.25) is 0 Å². The molecule has 0 heterocycles. The fourth-order valence-electron chi connectivity index (χ4n) is 2.23. The summed E-state index contributed by atoms with van der Waals surface area (Å²) >= 11 is 3.43. The van der Waals surface area contributed by atoms with Crippen LogP contribution in [0.4, 0.5) is 0 Å². The van der Waals surface area contributed by atoms with Crippen molar-refractivity contribution < 1.29 is 9.53 Å². The van der Waals surface area contributed by atoms with Gasteiger partial charge in [0.2, 0.25) is 0 Å². The van der Waals surface area contributed by atoms with Crippen LogP contribution in [-0.4, -0.2) is 12.9 Å². The summed E-state index contributed by atoms with van der Waals surface area (Å²) in [5.74, 6) is 1.10. The van der Waals surface area contributed by atoms with Crippen molar-refractivity contribution in [1.29, 1.82) is 0 Å². The molecule has 0 saturated heterocycles. The third-order valence-corrected chi connectivity index (χ3v) is 3.94. The Morgan fingerprint density at radius 1 is 1.19 bits per heavy atom. The van der Waals surface area contributed by atoms with Gasteiger partial charge in [-0.25, -0.2) is 0 Å². The van der Waals surface area contributed by atoms with Crippen molar-refractivity contribution in [3.63, 3.8) is 0 Å². The summed E-state index contributed by atoms with van der Waals surface area (Å²) in [4.78, 5) is 12.6. The van der Waals surface area contributed by atoms with E-state index in [9.17, 15) is 4.79 Å². The van der Waals surface area contributed by atoms with Crippen LogP contribution in [0.1, 0.15) is 41.3 Å². The van der Waals surface area contributed by atoms with Crippen molar-refractivity contribution in [2.75, 3.05) is 7.11 Å². The Morgan fingerprint density at radius 2 is 1.95 bits per heavy atom. The number of carbonyl (C=O) groups excluding carboxylic acids is 1. The number of hydrogen-bond donors (Lipinski definition) is 0. The Balaban J connectivity index is 2.31. The summed E-state index contributed by atoms with van der Waals surface area (Å²) in [5, 5.41) is 0. The Kier molecular flexibility index (Phi) is 5.18. The first-order chi connectivity index (χ1) is 10.0. The number of ether oxygens (including phenoxy) is 1. The maximum absolute atomic E-state index is 12.6. The first-order valence-electron chi connectivity index (χ1n) is 6.97. The minimum absolute atomic E-state index is 0.0763. The van der Waals surface area contributed by atoms with Gasteiger partial charge in [0, 0.05) is 10.9 Å². The van der Waals surface area contributed by atoms with Crippen LogP contribution in [-0.2, 0) is 6.42 Å². The minimum atomic E-state index is 0.0763. The van der Waals surface area contributed by atoms with Gasteiger partial charge in [0.25, 0.3) is 0 Å². The van der Waals surface area contributed by atoms with Gasteiger partial charge < -0.3 is 4.74 Å². The highest BCUT2D eigenvalue weighted by molar-refractivity contribution is 9.10. The van der Waals surface area contributed by atoms with Gasteiger partial charge in [-0.05, 0) is 41.3 Å². The summed E-state index contributed by atoms with van der Waals surface area (Å²) < 4.78 is 6.31. The summed E-state index contributed by atoms with van der Waals surface area (Å²) in [5.41, 5.74) is 2.79. The molecule has 2 nitrogen and oxygen atoms in total. The number of Topliss-reactive ketones (excluding diaryl/α,β-unsaturated/α-hetero) is 1. The molecule has 0 aliphatic carbocycles. The lowest BCUT2D eigenvalue weighted by molar-refractivity contribution is 0.0990. The van der Waals surface area contributed by atoms with Crippen LogP contribution in [0, 0.1) is 0 Å². The van der Waals surface area contributed by atoms with Gasteiger partial charge in [-0.15, -0.1) is 0 Å². The molecule has 0 aliphatic rings. The zero-order valence-electron chi connectivity index (χ0n) is 12.5. The number of methoxy groups -OCH3 is 1. The molecule has 2 aromatic rings. The van der Waals surface area contributed by atoms with Crippen LogP contribution in [0.15, 0.2) is 46.9 Å². The van der Waals surface area contributed by atoms with Crippen molar-refractivity contribution in [3.05, 3.63) is 63.6 Å². The van der Waals surface area contributed by atoms with E-state index in [0.717, 1.165) is 15.6 Å². The minimum Gasteiger partial charge on any atom is -0.496 e. The van der Waals surface area contributed by atoms with Gasteiger partial charge in [-0.1, -0.05) is 48.0 Å². The van der Waals surface area contributed by atoms with Crippen molar-refractivity contribution in [1.82, 2.24) is 0 Å². The molecule has 2 rings (SSSR count). The normalized spacial score (nSPS) is 10.7. The smallest absolute Gasteiger partial charge is 0.170 e. The van der Waals surface area contributed by atoms with E-state index >= 15 is 0 Å². The zero-order valence-corrected chi connectivity index (χ0v) is 14.1. The van der Waals surface area contributed by atoms with Gasteiger partial charge in [0.05, 0.1) is 12.7 Å². The van der Waals surface area contributed by atoms with Crippen molar-refractivity contribution in [3.8, 4) is 5.75 Å². The van der Waals surface area contributed by atoms with E-state index < -0.39 is 0 Å². The number of benzene rings is 2. The van der Waals surface area contributed by atoms with E-state index in [0.29, 0.717) is 23.7 Å². The average molecular weight is 347 g/mol. The summed E-state index contributed by atoms with van der Waals surface area (Å²) in [6.45, 7) is 4.23. The van der Waals surface area contributed by atoms with E-state index in [4.69, 9.17) is 4.74 Å². The summed E-state index contributed by atoms with van der Waals surface area (Å²) in [6, 6.07) is 13.7. The fourth-order valence-corrected chi connectivity index (χ4v) is 2.68. The highest BCUT2D eigenvalue weighted by Gasteiger charge is 2.15. The number of carbonyl (C=O) groups is 1. The van der Waals surface area contributed by atoms with Crippen LogP contribution in [0.5, 0.6) is 5.75 Å². The number of halogens is 1. The average Bonchev–Trinajstić information content (AvgIpc) is 2.46. The van der Waals surface area contributed by atoms with Crippen LogP contribution in [0.25, 0.3) is 0 Å². The van der Waals surface area contributed by atoms with E-state index in [1.165, 1.54) is 0 Å².